The summed E-state index contributed by atoms with van der Waals surface area (Å²) in [6, 6.07) is 4.36. The summed E-state index contributed by atoms with van der Waals surface area (Å²) in [5, 5.41) is 19.4. The molecule has 0 radical (unpaired) electrons. The van der Waals surface area contributed by atoms with Crippen molar-refractivity contribution in [1.29, 1.82) is 0 Å². The Balaban J connectivity index is 1.43. The third-order valence-electron chi connectivity index (χ3n) is 6.41. The smallest absolute Gasteiger partial charge is 0.223 e. The molecule has 4 rings (SSSR count). The van der Waals surface area contributed by atoms with Crippen molar-refractivity contribution >= 4 is 17.5 Å². The second-order valence-corrected chi connectivity index (χ2v) is 9.17. The summed E-state index contributed by atoms with van der Waals surface area (Å²) in [7, 11) is 0. The number of hydrogen-bond donors (Lipinski definition) is 1. The molecule has 9 nitrogen and oxygen atoms in total. The van der Waals surface area contributed by atoms with E-state index in [1.165, 1.54) is 34.0 Å². The van der Waals surface area contributed by atoms with E-state index >= 15 is 0 Å². The van der Waals surface area contributed by atoms with E-state index in [4.69, 9.17) is 4.74 Å². The number of halogens is 1. The van der Waals surface area contributed by atoms with Gasteiger partial charge in [-0.2, -0.15) is 0 Å². The highest BCUT2D eigenvalue weighted by molar-refractivity contribution is 6.05. The fourth-order valence-electron chi connectivity index (χ4n) is 4.04. The number of Topliss-reactive ketones (excluding diaryl/α,β-unsaturated/α-hetero) is 2. The Morgan fingerprint density at radius 1 is 1.26 bits per heavy atom. The molecule has 0 bridgehead atoms. The number of likely N-dealkylation sites (tertiary alicyclic amines) is 1. The van der Waals surface area contributed by atoms with Gasteiger partial charge in [0.15, 0.2) is 23.1 Å². The van der Waals surface area contributed by atoms with Crippen LogP contribution in [0.15, 0.2) is 24.4 Å². The van der Waals surface area contributed by atoms with Crippen LogP contribution in [-0.4, -0.2) is 62.2 Å². The first kappa shape index (κ1) is 24.0. The van der Waals surface area contributed by atoms with Gasteiger partial charge < -0.3 is 14.7 Å². The van der Waals surface area contributed by atoms with Gasteiger partial charge in [0, 0.05) is 6.42 Å². The number of amides is 1. The molecule has 1 aromatic heterocycles. The second-order valence-electron chi connectivity index (χ2n) is 9.17. The second kappa shape index (κ2) is 10.0. The molecule has 34 heavy (non-hydrogen) atoms. The summed E-state index contributed by atoms with van der Waals surface area (Å²) in [6.07, 6.45) is 4.26. The normalized spacial score (nSPS) is 18.1. The highest BCUT2D eigenvalue weighted by Gasteiger charge is 2.31. The Morgan fingerprint density at radius 3 is 2.68 bits per heavy atom. The Bertz CT molecular complexity index is 1070. The van der Waals surface area contributed by atoms with Crippen LogP contribution >= 0.6 is 0 Å². The van der Waals surface area contributed by atoms with Gasteiger partial charge in [-0.05, 0) is 49.3 Å². The number of ketones is 2. The molecule has 1 amide bonds. The molecule has 1 saturated heterocycles. The number of aryl methyl sites for hydroxylation is 1. The van der Waals surface area contributed by atoms with Crippen LogP contribution in [0.1, 0.15) is 50.3 Å². The molecule has 182 valence electrons. The minimum Gasteiger partial charge on any atom is -0.490 e. The average molecular weight is 473 g/mol. The minimum absolute atomic E-state index is 0.0482. The van der Waals surface area contributed by atoms with E-state index in [2.05, 4.69) is 10.3 Å². The van der Waals surface area contributed by atoms with E-state index in [1.807, 2.05) is 6.92 Å². The largest absolute Gasteiger partial charge is 0.490 e. The summed E-state index contributed by atoms with van der Waals surface area (Å²) in [6.45, 7) is 2.24. The molecule has 2 aromatic rings. The Labute approximate surface area is 196 Å². The van der Waals surface area contributed by atoms with Gasteiger partial charge in [-0.1, -0.05) is 18.2 Å². The zero-order valence-electron chi connectivity index (χ0n) is 19.2. The van der Waals surface area contributed by atoms with Crippen molar-refractivity contribution < 1.29 is 28.6 Å². The van der Waals surface area contributed by atoms with Crippen LogP contribution in [0.5, 0.6) is 5.75 Å². The van der Waals surface area contributed by atoms with Gasteiger partial charge >= 0.3 is 0 Å². The van der Waals surface area contributed by atoms with Crippen LogP contribution in [0, 0.1) is 11.7 Å². The van der Waals surface area contributed by atoms with Crippen molar-refractivity contribution in [2.45, 2.75) is 57.6 Å². The number of benzene rings is 1. The van der Waals surface area contributed by atoms with Crippen LogP contribution in [0.4, 0.5) is 4.39 Å². The first-order valence-corrected chi connectivity index (χ1v) is 11.6. The van der Waals surface area contributed by atoms with Crippen LogP contribution in [0.3, 0.4) is 0 Å². The van der Waals surface area contributed by atoms with Crippen molar-refractivity contribution in [3.8, 4) is 5.75 Å². The minimum atomic E-state index is -1.36. The maximum atomic E-state index is 14.2. The van der Waals surface area contributed by atoms with Gasteiger partial charge in [-0.25, -0.2) is 9.07 Å². The molecule has 10 heteroatoms. The molecular weight excluding hydrogens is 443 g/mol. The molecule has 2 fully saturated rings. The molecule has 1 aromatic carbocycles. The first-order valence-electron chi connectivity index (χ1n) is 11.6. The van der Waals surface area contributed by atoms with E-state index < -0.39 is 11.4 Å². The maximum Gasteiger partial charge on any atom is 0.223 e. The molecule has 1 N–H and O–H groups in total. The van der Waals surface area contributed by atoms with Crippen molar-refractivity contribution in [3.05, 3.63) is 41.5 Å². The third kappa shape index (κ3) is 5.67. The van der Waals surface area contributed by atoms with E-state index in [9.17, 15) is 23.9 Å². The zero-order chi connectivity index (χ0) is 24.3. The molecule has 0 spiro atoms. The predicted molar refractivity (Wildman–Crippen MR) is 118 cm³/mol. The molecule has 1 aliphatic carbocycles. The van der Waals surface area contributed by atoms with Gasteiger partial charge in [0.05, 0.1) is 44.6 Å². The van der Waals surface area contributed by atoms with Gasteiger partial charge in [-0.15, -0.1) is 5.10 Å². The van der Waals surface area contributed by atoms with Gasteiger partial charge in [-0.3, -0.25) is 14.4 Å². The number of ether oxygens (including phenoxy) is 1. The Hall–Kier alpha value is -3.14. The Morgan fingerprint density at radius 2 is 2.00 bits per heavy atom. The van der Waals surface area contributed by atoms with Crippen molar-refractivity contribution in [1.82, 2.24) is 19.9 Å². The number of aromatic nitrogens is 3. The summed E-state index contributed by atoms with van der Waals surface area (Å²) in [4.78, 5) is 37.0. The van der Waals surface area contributed by atoms with Gasteiger partial charge in [0.1, 0.15) is 5.60 Å². The lowest BCUT2D eigenvalue weighted by Gasteiger charge is -2.28. The molecule has 2 aliphatic rings. The number of hydrogen-bond acceptors (Lipinski definition) is 7. The average Bonchev–Trinajstić information content (AvgIpc) is 3.54. The van der Waals surface area contributed by atoms with E-state index in [0.717, 1.165) is 12.8 Å². The summed E-state index contributed by atoms with van der Waals surface area (Å²) in [5.41, 5.74) is -0.226. The van der Waals surface area contributed by atoms with Crippen LogP contribution in [0.2, 0.25) is 0 Å². The number of aliphatic hydroxyl groups is 1. The standard InChI is InChI=1S/C24H29FN4O5/c1-2-24(33,17-5-7-21(25)22(9-17)34-14-16-3-4-16)15-29-18(11-26-27-29)6-8-23(32)28-12-19(30)10-20(31)13-28/h5,7,9,11,16,33H,2-4,6,8,10,12-15H2,1H3/t24-/m1/s1. The molecule has 1 atom stereocenters. The molecule has 0 unspecified atom stereocenters. The van der Waals surface area contributed by atoms with Crippen LogP contribution in [0.25, 0.3) is 0 Å². The molecule has 1 aliphatic heterocycles. The van der Waals surface area contributed by atoms with Crippen molar-refractivity contribution in [2.24, 2.45) is 5.92 Å². The Kier molecular flexibility index (Phi) is 7.06. The highest BCUT2D eigenvalue weighted by atomic mass is 19.1. The number of rotatable bonds is 10. The lowest BCUT2D eigenvalue weighted by atomic mass is 9.90. The SMILES string of the molecule is CC[C@@](O)(Cn1nncc1CCC(=O)N1CC(=O)CC(=O)C1)c1ccc(F)c(OCC2CC2)c1. The first-order chi connectivity index (χ1) is 16.3. The van der Waals surface area contributed by atoms with E-state index in [1.54, 1.807) is 0 Å². The zero-order valence-corrected chi connectivity index (χ0v) is 19.2. The van der Waals surface area contributed by atoms with Crippen molar-refractivity contribution in [3.63, 3.8) is 0 Å². The number of nitrogens with zero attached hydrogens (tertiary/aromatic N) is 4. The lowest BCUT2D eigenvalue weighted by molar-refractivity contribution is -0.143. The fourth-order valence-corrected chi connectivity index (χ4v) is 4.04. The summed E-state index contributed by atoms with van der Waals surface area (Å²) < 4.78 is 21.4. The number of carbonyl (C=O) groups is 3. The van der Waals surface area contributed by atoms with E-state index in [0.29, 0.717) is 30.2 Å². The maximum absolute atomic E-state index is 14.2. The van der Waals surface area contributed by atoms with Gasteiger partial charge in [0.25, 0.3) is 0 Å². The fraction of sp³-hybridized carbons (Fsp3) is 0.542. The molecular formula is C24H29FN4O5. The monoisotopic (exact) mass is 472 g/mol. The molecule has 1 saturated carbocycles. The lowest BCUT2D eigenvalue weighted by Crippen LogP contribution is -2.44. The quantitative estimate of drug-likeness (QED) is 0.525. The van der Waals surface area contributed by atoms with E-state index in [-0.39, 0.29) is 62.1 Å². The summed E-state index contributed by atoms with van der Waals surface area (Å²) >= 11 is 0. The summed E-state index contributed by atoms with van der Waals surface area (Å²) in [5.74, 6) is -0.706. The van der Waals surface area contributed by atoms with Crippen LogP contribution < -0.4 is 4.74 Å². The predicted octanol–water partition coefficient (Wildman–Crippen LogP) is 1.81. The highest BCUT2D eigenvalue weighted by Crippen LogP contribution is 2.33. The number of carbonyl (C=O) groups excluding carboxylic acids is 3. The third-order valence-corrected chi connectivity index (χ3v) is 6.41. The van der Waals surface area contributed by atoms with Crippen LogP contribution in [-0.2, 0) is 33.0 Å². The topological polar surface area (TPSA) is 115 Å². The van der Waals surface area contributed by atoms with Crippen molar-refractivity contribution in [2.75, 3.05) is 19.7 Å². The number of piperidine rings is 1. The van der Waals surface area contributed by atoms with Gasteiger partial charge in [0.2, 0.25) is 5.91 Å². The molecule has 2 heterocycles.